The quantitative estimate of drug-likeness (QED) is 0.787. The number of hydrogen-bond acceptors (Lipinski definition) is 3. The number of rotatable bonds is 4. The number of furan rings is 1. The minimum absolute atomic E-state index is 0.763. The van der Waals surface area contributed by atoms with Crippen LogP contribution in [0.4, 0.5) is 5.69 Å². The fraction of sp³-hybridized carbons (Fsp3) is 0.231. The third-order valence-corrected chi connectivity index (χ3v) is 2.49. The molecule has 1 heterocycles. The van der Waals surface area contributed by atoms with Crippen LogP contribution in [0.2, 0.25) is 0 Å². The Hall–Kier alpha value is -1.90. The van der Waals surface area contributed by atoms with E-state index in [4.69, 9.17) is 9.15 Å². The van der Waals surface area contributed by atoms with Crippen LogP contribution in [0.3, 0.4) is 0 Å². The minimum atomic E-state index is 0.763. The van der Waals surface area contributed by atoms with E-state index >= 15 is 0 Å². The monoisotopic (exact) mass is 217 g/mol. The summed E-state index contributed by atoms with van der Waals surface area (Å²) in [6, 6.07) is 11.8. The Kier molecular flexibility index (Phi) is 3.15. The van der Waals surface area contributed by atoms with Gasteiger partial charge in [0.25, 0.3) is 0 Å². The fourth-order valence-corrected chi connectivity index (χ4v) is 1.56. The van der Waals surface area contributed by atoms with Gasteiger partial charge in [-0.05, 0) is 36.4 Å². The van der Waals surface area contributed by atoms with E-state index in [-0.39, 0.29) is 0 Å². The Morgan fingerprint density at radius 1 is 1.19 bits per heavy atom. The second kappa shape index (κ2) is 4.75. The maximum absolute atomic E-state index is 5.30. The summed E-state index contributed by atoms with van der Waals surface area (Å²) < 4.78 is 10.4. The Morgan fingerprint density at radius 3 is 2.50 bits per heavy atom. The van der Waals surface area contributed by atoms with E-state index < -0.39 is 0 Å². The molecule has 0 radical (unpaired) electrons. The molecular formula is C13H15NO2. The molecule has 0 amide bonds. The SMILES string of the molecule is COc1ccc(N(C)Cc2ccco2)cc1. The van der Waals surface area contributed by atoms with Gasteiger partial charge in [0.15, 0.2) is 0 Å². The second-order valence-electron chi connectivity index (χ2n) is 3.63. The molecule has 0 saturated carbocycles. The van der Waals surface area contributed by atoms with Crippen LogP contribution in [0.1, 0.15) is 5.76 Å². The average molecular weight is 217 g/mol. The molecule has 0 spiro atoms. The maximum atomic E-state index is 5.30. The second-order valence-corrected chi connectivity index (χ2v) is 3.63. The summed E-state index contributed by atoms with van der Waals surface area (Å²) in [7, 11) is 3.70. The van der Waals surface area contributed by atoms with Crippen molar-refractivity contribution in [1.82, 2.24) is 0 Å². The molecule has 3 heteroatoms. The van der Waals surface area contributed by atoms with E-state index in [9.17, 15) is 0 Å². The topological polar surface area (TPSA) is 25.6 Å². The molecule has 2 rings (SSSR count). The summed E-state index contributed by atoms with van der Waals surface area (Å²) in [6.45, 7) is 0.763. The van der Waals surface area contributed by atoms with E-state index in [0.717, 1.165) is 23.7 Å². The molecule has 0 N–H and O–H groups in total. The highest BCUT2D eigenvalue weighted by Crippen LogP contribution is 2.19. The first-order valence-corrected chi connectivity index (χ1v) is 5.17. The van der Waals surface area contributed by atoms with Crippen LogP contribution in [0.15, 0.2) is 47.1 Å². The van der Waals surface area contributed by atoms with Crippen molar-refractivity contribution >= 4 is 5.69 Å². The van der Waals surface area contributed by atoms with Gasteiger partial charge in [-0.1, -0.05) is 0 Å². The molecule has 84 valence electrons. The number of methoxy groups -OCH3 is 1. The van der Waals surface area contributed by atoms with E-state index in [0.29, 0.717) is 0 Å². The van der Waals surface area contributed by atoms with Gasteiger partial charge in [-0.3, -0.25) is 0 Å². The maximum Gasteiger partial charge on any atom is 0.123 e. The van der Waals surface area contributed by atoms with Crippen molar-refractivity contribution in [3.63, 3.8) is 0 Å². The smallest absolute Gasteiger partial charge is 0.123 e. The van der Waals surface area contributed by atoms with Crippen molar-refractivity contribution in [1.29, 1.82) is 0 Å². The van der Waals surface area contributed by atoms with E-state index in [2.05, 4.69) is 4.90 Å². The summed E-state index contributed by atoms with van der Waals surface area (Å²) in [5.74, 6) is 1.83. The zero-order chi connectivity index (χ0) is 11.4. The number of anilines is 1. The Labute approximate surface area is 95.3 Å². The standard InChI is InChI=1S/C13H15NO2/c1-14(10-13-4-3-9-16-13)11-5-7-12(15-2)8-6-11/h3-9H,10H2,1-2H3. The lowest BCUT2D eigenvalue weighted by Crippen LogP contribution is -2.15. The van der Waals surface area contributed by atoms with E-state index in [1.807, 2.05) is 43.4 Å². The van der Waals surface area contributed by atoms with Gasteiger partial charge < -0.3 is 14.1 Å². The van der Waals surface area contributed by atoms with Crippen molar-refractivity contribution in [2.24, 2.45) is 0 Å². The number of nitrogens with zero attached hydrogens (tertiary/aromatic N) is 1. The molecule has 0 saturated heterocycles. The van der Waals surface area contributed by atoms with Crippen LogP contribution in [-0.2, 0) is 6.54 Å². The third kappa shape index (κ3) is 2.37. The third-order valence-electron chi connectivity index (χ3n) is 2.49. The number of benzene rings is 1. The van der Waals surface area contributed by atoms with Gasteiger partial charge >= 0.3 is 0 Å². The molecule has 1 aromatic carbocycles. The zero-order valence-corrected chi connectivity index (χ0v) is 9.51. The predicted octanol–water partition coefficient (Wildman–Crippen LogP) is 2.92. The number of ether oxygens (including phenoxy) is 1. The lowest BCUT2D eigenvalue weighted by Gasteiger charge is -2.18. The summed E-state index contributed by atoms with van der Waals surface area (Å²) in [5, 5.41) is 0. The summed E-state index contributed by atoms with van der Waals surface area (Å²) in [5.41, 5.74) is 1.14. The Balaban J connectivity index is 2.05. The van der Waals surface area contributed by atoms with Gasteiger partial charge in [-0.15, -0.1) is 0 Å². The van der Waals surface area contributed by atoms with Crippen molar-refractivity contribution in [3.05, 3.63) is 48.4 Å². The minimum Gasteiger partial charge on any atom is -0.497 e. The van der Waals surface area contributed by atoms with Crippen LogP contribution < -0.4 is 9.64 Å². The lowest BCUT2D eigenvalue weighted by atomic mass is 10.2. The highest BCUT2D eigenvalue weighted by Gasteiger charge is 2.03. The van der Waals surface area contributed by atoms with Crippen LogP contribution in [0.5, 0.6) is 5.75 Å². The molecule has 0 bridgehead atoms. The Morgan fingerprint density at radius 2 is 1.94 bits per heavy atom. The van der Waals surface area contributed by atoms with E-state index in [1.54, 1.807) is 13.4 Å². The lowest BCUT2D eigenvalue weighted by molar-refractivity contribution is 0.415. The van der Waals surface area contributed by atoms with Crippen LogP contribution in [-0.4, -0.2) is 14.2 Å². The first-order valence-electron chi connectivity index (χ1n) is 5.17. The van der Waals surface area contributed by atoms with Gasteiger partial charge in [0.05, 0.1) is 19.9 Å². The molecule has 0 fully saturated rings. The van der Waals surface area contributed by atoms with Crippen molar-refractivity contribution in [2.75, 3.05) is 19.1 Å². The zero-order valence-electron chi connectivity index (χ0n) is 9.51. The molecule has 0 aliphatic carbocycles. The highest BCUT2D eigenvalue weighted by atomic mass is 16.5. The molecule has 3 nitrogen and oxygen atoms in total. The van der Waals surface area contributed by atoms with Gasteiger partial charge in [0.2, 0.25) is 0 Å². The molecule has 0 aliphatic rings. The van der Waals surface area contributed by atoms with Crippen molar-refractivity contribution in [3.8, 4) is 5.75 Å². The normalized spacial score (nSPS) is 10.1. The molecule has 0 unspecified atom stereocenters. The summed E-state index contributed by atoms with van der Waals surface area (Å²) in [4.78, 5) is 2.12. The van der Waals surface area contributed by atoms with Gasteiger partial charge in [0, 0.05) is 12.7 Å². The number of hydrogen-bond donors (Lipinski definition) is 0. The summed E-state index contributed by atoms with van der Waals surface area (Å²) >= 11 is 0. The fourth-order valence-electron chi connectivity index (χ4n) is 1.56. The molecule has 0 atom stereocenters. The molecule has 0 aliphatic heterocycles. The Bertz CT molecular complexity index is 420. The van der Waals surface area contributed by atoms with Crippen LogP contribution in [0, 0.1) is 0 Å². The molecule has 2 aromatic rings. The first kappa shape index (κ1) is 10.6. The van der Waals surface area contributed by atoms with Gasteiger partial charge in [0.1, 0.15) is 11.5 Å². The van der Waals surface area contributed by atoms with E-state index in [1.165, 1.54) is 0 Å². The average Bonchev–Trinajstić information content (AvgIpc) is 2.82. The predicted molar refractivity (Wildman–Crippen MR) is 63.8 cm³/mol. The van der Waals surface area contributed by atoms with Crippen molar-refractivity contribution in [2.45, 2.75) is 6.54 Å². The van der Waals surface area contributed by atoms with Gasteiger partial charge in [-0.25, -0.2) is 0 Å². The largest absolute Gasteiger partial charge is 0.497 e. The molecule has 1 aromatic heterocycles. The first-order chi connectivity index (χ1) is 7.79. The van der Waals surface area contributed by atoms with Crippen LogP contribution in [0.25, 0.3) is 0 Å². The van der Waals surface area contributed by atoms with Crippen LogP contribution >= 0.6 is 0 Å². The highest BCUT2D eigenvalue weighted by molar-refractivity contribution is 5.48. The summed E-state index contributed by atoms with van der Waals surface area (Å²) in [6.07, 6.45) is 1.69. The molecule has 16 heavy (non-hydrogen) atoms. The van der Waals surface area contributed by atoms with Crippen molar-refractivity contribution < 1.29 is 9.15 Å². The molecular weight excluding hydrogens is 202 g/mol. The van der Waals surface area contributed by atoms with Gasteiger partial charge in [-0.2, -0.15) is 0 Å².